The third kappa shape index (κ3) is 9.45. The lowest BCUT2D eigenvalue weighted by Crippen LogP contribution is -2.59. The van der Waals surface area contributed by atoms with E-state index in [1.165, 1.54) is 11.1 Å². The van der Waals surface area contributed by atoms with Gasteiger partial charge in [0.2, 0.25) is 11.8 Å². The maximum Gasteiger partial charge on any atom is 0.410 e. The van der Waals surface area contributed by atoms with Gasteiger partial charge >= 0.3 is 12.1 Å². The first-order chi connectivity index (χ1) is 22.7. The van der Waals surface area contributed by atoms with Crippen LogP contribution in [0, 0.1) is 5.92 Å². The second-order valence-corrected chi connectivity index (χ2v) is 13.8. The van der Waals surface area contributed by atoms with E-state index in [1.54, 1.807) is 57.0 Å². The SMILES string of the molecule is CC(C)CC(C(=O)N1CCCC[C@@H]1C(=O)NC(COc1cnc2ccccc2c1C(=O)O)Cc1ccccc1)N(C)C(=O)OC(C)(C)C. The van der Waals surface area contributed by atoms with Gasteiger partial charge in [-0.05, 0) is 70.4 Å². The molecule has 0 aliphatic carbocycles. The highest BCUT2D eigenvalue weighted by Crippen LogP contribution is 2.27. The predicted octanol–water partition coefficient (Wildman–Crippen LogP) is 5.70. The number of nitrogens with one attached hydrogen (secondary N) is 1. The van der Waals surface area contributed by atoms with Gasteiger partial charge < -0.3 is 24.8 Å². The molecule has 2 unspecified atom stereocenters. The summed E-state index contributed by atoms with van der Waals surface area (Å²) in [5.41, 5.74) is 0.759. The first-order valence-corrected chi connectivity index (χ1v) is 16.6. The molecule has 258 valence electrons. The van der Waals surface area contributed by atoms with E-state index in [-0.39, 0.29) is 35.7 Å². The average Bonchev–Trinajstić information content (AvgIpc) is 3.04. The number of piperidine rings is 1. The molecule has 4 rings (SSSR count). The van der Waals surface area contributed by atoms with Crippen LogP contribution >= 0.6 is 0 Å². The Labute approximate surface area is 282 Å². The first kappa shape index (κ1) is 36.2. The Morgan fingerprint density at radius 3 is 2.40 bits per heavy atom. The summed E-state index contributed by atoms with van der Waals surface area (Å²) in [6, 6.07) is 14.4. The number of ether oxygens (including phenoxy) is 2. The van der Waals surface area contributed by atoms with Gasteiger partial charge in [0.05, 0.1) is 17.8 Å². The monoisotopic (exact) mass is 660 g/mol. The van der Waals surface area contributed by atoms with E-state index < -0.39 is 35.8 Å². The number of hydrogen-bond donors (Lipinski definition) is 2. The van der Waals surface area contributed by atoms with Crippen molar-refractivity contribution in [3.05, 3.63) is 71.9 Å². The number of carbonyl (C=O) groups is 4. The number of likely N-dealkylation sites (tertiary alicyclic amines) is 1. The Kier molecular flexibility index (Phi) is 12.0. The van der Waals surface area contributed by atoms with Crippen molar-refractivity contribution in [1.82, 2.24) is 20.1 Å². The lowest BCUT2D eigenvalue weighted by molar-refractivity contribution is -0.146. The molecule has 2 heterocycles. The Bertz CT molecular complexity index is 1590. The largest absolute Gasteiger partial charge is 0.489 e. The van der Waals surface area contributed by atoms with Crippen LogP contribution in [0.2, 0.25) is 0 Å². The third-order valence-corrected chi connectivity index (χ3v) is 8.28. The summed E-state index contributed by atoms with van der Waals surface area (Å²) >= 11 is 0. The molecular weight excluding hydrogens is 612 g/mol. The number of likely N-dealkylation sites (N-methyl/N-ethyl adjacent to an activating group) is 1. The second kappa shape index (κ2) is 16.0. The molecular formula is C37H48N4O7. The number of rotatable bonds is 12. The van der Waals surface area contributed by atoms with Crippen molar-refractivity contribution in [2.24, 2.45) is 5.92 Å². The number of para-hydroxylation sites is 1. The normalized spacial score (nSPS) is 16.2. The number of aromatic nitrogens is 1. The number of carboxylic acids is 1. The topological polar surface area (TPSA) is 138 Å². The molecule has 11 nitrogen and oxygen atoms in total. The van der Waals surface area contributed by atoms with Gasteiger partial charge in [0.15, 0.2) is 5.75 Å². The summed E-state index contributed by atoms with van der Waals surface area (Å²) in [6.07, 6.45) is 3.60. The predicted molar refractivity (Wildman–Crippen MR) is 183 cm³/mol. The van der Waals surface area contributed by atoms with Gasteiger partial charge in [-0.1, -0.05) is 62.4 Å². The molecule has 2 aromatic carbocycles. The number of carboxylic acid groups (broad SMARTS) is 1. The molecule has 3 amide bonds. The molecule has 3 aromatic rings. The van der Waals surface area contributed by atoms with Gasteiger partial charge in [-0.25, -0.2) is 9.59 Å². The molecule has 3 atom stereocenters. The molecule has 2 N–H and O–H groups in total. The summed E-state index contributed by atoms with van der Waals surface area (Å²) in [5, 5.41) is 13.6. The van der Waals surface area contributed by atoms with Crippen molar-refractivity contribution >= 4 is 34.8 Å². The highest BCUT2D eigenvalue weighted by molar-refractivity contribution is 6.04. The number of nitrogens with zero attached hydrogens (tertiary/aromatic N) is 3. The Morgan fingerprint density at radius 1 is 1.04 bits per heavy atom. The summed E-state index contributed by atoms with van der Waals surface area (Å²) in [6.45, 7) is 9.65. The van der Waals surface area contributed by atoms with E-state index in [0.29, 0.717) is 36.7 Å². The van der Waals surface area contributed by atoms with E-state index in [1.807, 2.05) is 44.2 Å². The van der Waals surface area contributed by atoms with Crippen LogP contribution in [0.25, 0.3) is 10.9 Å². The van der Waals surface area contributed by atoms with Gasteiger partial charge in [0, 0.05) is 19.0 Å². The van der Waals surface area contributed by atoms with Crippen LogP contribution in [-0.2, 0) is 20.7 Å². The fourth-order valence-corrected chi connectivity index (χ4v) is 5.98. The lowest BCUT2D eigenvalue weighted by Gasteiger charge is -2.40. The summed E-state index contributed by atoms with van der Waals surface area (Å²) in [5.74, 6) is -1.55. The molecule has 0 radical (unpaired) electrons. The van der Waals surface area contributed by atoms with Gasteiger partial charge in [0.1, 0.15) is 29.9 Å². The van der Waals surface area contributed by atoms with Crippen LogP contribution in [0.5, 0.6) is 5.75 Å². The third-order valence-electron chi connectivity index (χ3n) is 8.28. The Balaban J connectivity index is 1.57. The maximum absolute atomic E-state index is 14.2. The number of pyridine rings is 1. The Hall–Kier alpha value is -4.67. The van der Waals surface area contributed by atoms with E-state index in [4.69, 9.17) is 9.47 Å². The molecule has 0 saturated carbocycles. The van der Waals surface area contributed by atoms with Crippen molar-refractivity contribution in [2.45, 2.75) is 90.4 Å². The van der Waals surface area contributed by atoms with Crippen LogP contribution in [0.4, 0.5) is 4.79 Å². The number of carbonyl (C=O) groups excluding carboxylic acids is 3. The summed E-state index contributed by atoms with van der Waals surface area (Å²) in [4.78, 5) is 60.8. The zero-order valence-electron chi connectivity index (χ0n) is 28.8. The molecule has 11 heteroatoms. The molecule has 1 aliphatic heterocycles. The van der Waals surface area contributed by atoms with E-state index in [2.05, 4.69) is 10.3 Å². The fourth-order valence-electron chi connectivity index (χ4n) is 5.98. The highest BCUT2D eigenvalue weighted by Gasteiger charge is 2.39. The number of fused-ring (bicyclic) bond motifs is 1. The average molecular weight is 661 g/mol. The standard InChI is InChI=1S/C37H48N4O7/c1-24(2)20-30(40(6)36(46)48-37(3,4)5)34(43)41-19-13-12-18-29(41)33(42)39-26(21-25-14-8-7-9-15-25)23-47-31-22-38-28-17-11-10-16-27(28)32(31)35(44)45/h7-11,14-17,22,24,26,29-30H,12-13,18-21,23H2,1-6H3,(H,39,42)(H,44,45)/t26?,29-,30?/m1/s1. The molecule has 48 heavy (non-hydrogen) atoms. The number of amides is 3. The molecule has 0 spiro atoms. The van der Waals surface area contributed by atoms with Crippen molar-refractivity contribution < 1.29 is 33.8 Å². The van der Waals surface area contributed by atoms with Crippen LogP contribution in [0.3, 0.4) is 0 Å². The minimum atomic E-state index is -1.14. The first-order valence-electron chi connectivity index (χ1n) is 16.6. The van der Waals surface area contributed by atoms with E-state index in [0.717, 1.165) is 18.4 Å². The van der Waals surface area contributed by atoms with Crippen molar-refractivity contribution in [3.63, 3.8) is 0 Å². The van der Waals surface area contributed by atoms with E-state index >= 15 is 0 Å². The smallest absolute Gasteiger partial charge is 0.410 e. The summed E-state index contributed by atoms with van der Waals surface area (Å²) < 4.78 is 11.7. The zero-order valence-corrected chi connectivity index (χ0v) is 28.8. The number of aromatic carboxylic acids is 1. The van der Waals surface area contributed by atoms with Crippen LogP contribution < -0.4 is 10.1 Å². The summed E-state index contributed by atoms with van der Waals surface area (Å²) in [7, 11) is 1.57. The van der Waals surface area contributed by atoms with Gasteiger partial charge in [-0.2, -0.15) is 0 Å². The van der Waals surface area contributed by atoms with Gasteiger partial charge in [-0.3, -0.25) is 19.5 Å². The van der Waals surface area contributed by atoms with Crippen molar-refractivity contribution in [1.29, 1.82) is 0 Å². The van der Waals surface area contributed by atoms with Crippen LogP contribution in [0.15, 0.2) is 60.8 Å². The van der Waals surface area contributed by atoms with E-state index in [9.17, 15) is 24.3 Å². The van der Waals surface area contributed by atoms with Crippen LogP contribution in [-0.4, -0.2) is 87.7 Å². The number of hydrogen-bond acceptors (Lipinski definition) is 7. The highest BCUT2D eigenvalue weighted by atomic mass is 16.6. The molecule has 1 aliphatic rings. The van der Waals surface area contributed by atoms with Crippen molar-refractivity contribution in [3.8, 4) is 5.75 Å². The molecule has 0 bridgehead atoms. The zero-order chi connectivity index (χ0) is 35.0. The minimum absolute atomic E-state index is 0.000239. The van der Waals surface area contributed by atoms with Gasteiger partial charge in [-0.15, -0.1) is 0 Å². The van der Waals surface area contributed by atoms with Gasteiger partial charge in [0.25, 0.3) is 0 Å². The van der Waals surface area contributed by atoms with Crippen LogP contribution in [0.1, 0.15) is 76.2 Å². The quantitative estimate of drug-likeness (QED) is 0.252. The maximum atomic E-state index is 14.2. The van der Waals surface area contributed by atoms with Crippen molar-refractivity contribution in [2.75, 3.05) is 20.2 Å². The molecule has 1 fully saturated rings. The minimum Gasteiger partial charge on any atom is -0.489 e. The lowest BCUT2D eigenvalue weighted by atomic mass is 9.96. The second-order valence-electron chi connectivity index (χ2n) is 13.8. The number of benzene rings is 2. The molecule has 1 saturated heterocycles. The molecule has 1 aromatic heterocycles. The fraction of sp³-hybridized carbons (Fsp3) is 0.486. The Morgan fingerprint density at radius 2 is 1.73 bits per heavy atom.